The fourth-order valence-electron chi connectivity index (χ4n) is 1.66. The Morgan fingerprint density at radius 3 is 2.38 bits per heavy atom. The molecule has 4 nitrogen and oxygen atoms in total. The molecule has 2 amide bonds. The SMILES string of the molecule is CN(CC(C)(C)O)C(=O)Nc1ccc(C(F)(F)F)cc1Cl. The third kappa shape index (κ3) is 5.43. The molecule has 0 radical (unpaired) electrons. The van der Waals surface area contributed by atoms with E-state index in [2.05, 4.69) is 5.32 Å². The van der Waals surface area contributed by atoms with E-state index < -0.39 is 23.4 Å². The number of alkyl halides is 3. The van der Waals surface area contributed by atoms with Gasteiger partial charge >= 0.3 is 12.2 Å². The zero-order valence-electron chi connectivity index (χ0n) is 11.8. The summed E-state index contributed by atoms with van der Waals surface area (Å²) in [5.41, 5.74) is -1.91. The zero-order valence-corrected chi connectivity index (χ0v) is 12.5. The third-order valence-electron chi connectivity index (χ3n) is 2.51. The molecule has 0 saturated heterocycles. The number of carbonyl (C=O) groups excluding carboxylic acids is 1. The van der Waals surface area contributed by atoms with Crippen LogP contribution in [-0.2, 0) is 6.18 Å². The van der Waals surface area contributed by atoms with E-state index in [0.717, 1.165) is 18.2 Å². The molecular formula is C13H16ClF3N2O2. The van der Waals surface area contributed by atoms with Gasteiger partial charge in [0, 0.05) is 7.05 Å². The minimum Gasteiger partial charge on any atom is -0.389 e. The summed E-state index contributed by atoms with van der Waals surface area (Å²) in [6, 6.07) is 2.07. The van der Waals surface area contributed by atoms with Gasteiger partial charge < -0.3 is 15.3 Å². The number of urea groups is 1. The number of hydrogen-bond acceptors (Lipinski definition) is 2. The first kappa shape index (κ1) is 17.6. The highest BCUT2D eigenvalue weighted by Crippen LogP contribution is 2.33. The molecule has 2 N–H and O–H groups in total. The van der Waals surface area contributed by atoms with Crippen LogP contribution in [0.4, 0.5) is 23.7 Å². The first-order valence-corrected chi connectivity index (χ1v) is 6.39. The van der Waals surface area contributed by atoms with Crippen molar-refractivity contribution in [2.75, 3.05) is 18.9 Å². The summed E-state index contributed by atoms with van der Waals surface area (Å²) in [6.07, 6.45) is -4.50. The number of likely N-dealkylation sites (N-methyl/N-ethyl adjacent to an activating group) is 1. The van der Waals surface area contributed by atoms with E-state index in [4.69, 9.17) is 11.6 Å². The van der Waals surface area contributed by atoms with Crippen LogP contribution < -0.4 is 5.32 Å². The van der Waals surface area contributed by atoms with Gasteiger partial charge in [0.05, 0.1) is 28.4 Å². The lowest BCUT2D eigenvalue weighted by Crippen LogP contribution is -2.41. The second kappa shape index (κ2) is 6.11. The van der Waals surface area contributed by atoms with Gasteiger partial charge in [0.25, 0.3) is 0 Å². The van der Waals surface area contributed by atoms with E-state index in [0.29, 0.717) is 0 Å². The average Bonchev–Trinajstić information content (AvgIpc) is 2.27. The number of amides is 2. The quantitative estimate of drug-likeness (QED) is 0.892. The Labute approximate surface area is 125 Å². The smallest absolute Gasteiger partial charge is 0.389 e. The summed E-state index contributed by atoms with van der Waals surface area (Å²) in [7, 11) is 1.45. The lowest BCUT2D eigenvalue weighted by atomic mass is 10.1. The summed E-state index contributed by atoms with van der Waals surface area (Å²) in [5.74, 6) is 0. The Hall–Kier alpha value is -1.47. The third-order valence-corrected chi connectivity index (χ3v) is 2.82. The predicted molar refractivity (Wildman–Crippen MR) is 74.4 cm³/mol. The fraction of sp³-hybridized carbons (Fsp3) is 0.462. The molecule has 1 rings (SSSR count). The van der Waals surface area contributed by atoms with Crippen molar-refractivity contribution in [2.45, 2.75) is 25.6 Å². The van der Waals surface area contributed by atoms with E-state index in [1.165, 1.54) is 25.8 Å². The highest BCUT2D eigenvalue weighted by molar-refractivity contribution is 6.33. The number of aliphatic hydroxyl groups is 1. The summed E-state index contributed by atoms with van der Waals surface area (Å²) in [6.45, 7) is 3.11. The van der Waals surface area contributed by atoms with Crippen molar-refractivity contribution >= 4 is 23.3 Å². The Kier molecular flexibility index (Phi) is 5.11. The number of benzene rings is 1. The molecule has 0 spiro atoms. The van der Waals surface area contributed by atoms with Gasteiger partial charge in [0.1, 0.15) is 0 Å². The van der Waals surface area contributed by atoms with Crippen molar-refractivity contribution in [1.82, 2.24) is 4.90 Å². The first-order valence-electron chi connectivity index (χ1n) is 6.01. The zero-order chi connectivity index (χ0) is 16.4. The molecule has 1 aromatic rings. The van der Waals surface area contributed by atoms with Gasteiger partial charge in [-0.2, -0.15) is 13.2 Å². The van der Waals surface area contributed by atoms with E-state index in [1.54, 1.807) is 0 Å². The molecule has 1 aromatic carbocycles. The highest BCUT2D eigenvalue weighted by Gasteiger charge is 2.31. The topological polar surface area (TPSA) is 52.6 Å². The molecule has 0 saturated carbocycles. The number of rotatable bonds is 3. The van der Waals surface area contributed by atoms with Crippen LogP contribution in [0.5, 0.6) is 0 Å². The number of nitrogens with zero attached hydrogens (tertiary/aromatic N) is 1. The van der Waals surface area contributed by atoms with Gasteiger partial charge in [-0.25, -0.2) is 4.79 Å². The van der Waals surface area contributed by atoms with Crippen molar-refractivity contribution in [3.8, 4) is 0 Å². The molecule has 118 valence electrons. The van der Waals surface area contributed by atoms with E-state index >= 15 is 0 Å². The molecular weight excluding hydrogens is 309 g/mol. The Bertz CT molecular complexity index is 527. The monoisotopic (exact) mass is 324 g/mol. The normalized spacial score (nSPS) is 12.2. The Balaban J connectivity index is 2.82. The lowest BCUT2D eigenvalue weighted by Gasteiger charge is -2.26. The average molecular weight is 325 g/mol. The number of anilines is 1. The number of hydrogen-bond donors (Lipinski definition) is 2. The van der Waals surface area contributed by atoms with Crippen LogP contribution in [0.15, 0.2) is 18.2 Å². The molecule has 0 aliphatic rings. The highest BCUT2D eigenvalue weighted by atomic mass is 35.5. The molecule has 0 unspecified atom stereocenters. The molecule has 0 aliphatic carbocycles. The van der Waals surface area contributed by atoms with Crippen LogP contribution >= 0.6 is 11.6 Å². The second-order valence-corrected chi connectivity index (χ2v) is 5.70. The van der Waals surface area contributed by atoms with Gasteiger partial charge in [0.15, 0.2) is 0 Å². The van der Waals surface area contributed by atoms with Crippen LogP contribution in [0, 0.1) is 0 Å². The van der Waals surface area contributed by atoms with Gasteiger partial charge in [-0.1, -0.05) is 11.6 Å². The van der Waals surface area contributed by atoms with Crippen LogP contribution in [-0.4, -0.2) is 35.2 Å². The molecule has 0 aromatic heterocycles. The maximum Gasteiger partial charge on any atom is 0.416 e. The van der Waals surface area contributed by atoms with Gasteiger partial charge in [-0.15, -0.1) is 0 Å². The summed E-state index contributed by atoms with van der Waals surface area (Å²) >= 11 is 5.73. The summed E-state index contributed by atoms with van der Waals surface area (Å²) in [4.78, 5) is 13.0. The minimum absolute atomic E-state index is 0.0527. The summed E-state index contributed by atoms with van der Waals surface area (Å²) in [5, 5.41) is 11.8. The largest absolute Gasteiger partial charge is 0.416 e. The maximum atomic E-state index is 12.5. The molecule has 0 atom stereocenters. The molecule has 8 heteroatoms. The minimum atomic E-state index is -4.50. The van der Waals surface area contributed by atoms with Gasteiger partial charge in [-0.3, -0.25) is 0 Å². The van der Waals surface area contributed by atoms with Gasteiger partial charge in [-0.05, 0) is 32.0 Å². The molecule has 0 bridgehead atoms. The second-order valence-electron chi connectivity index (χ2n) is 5.29. The van der Waals surface area contributed by atoms with Crippen molar-refractivity contribution in [1.29, 1.82) is 0 Å². The van der Waals surface area contributed by atoms with Crippen molar-refractivity contribution in [3.05, 3.63) is 28.8 Å². The first-order chi connectivity index (χ1) is 9.40. The standard InChI is InChI=1S/C13H16ClF3N2O2/c1-12(2,21)7-19(3)11(20)18-10-5-4-8(6-9(10)14)13(15,16)17/h4-6,21H,7H2,1-3H3,(H,18,20). The summed E-state index contributed by atoms with van der Waals surface area (Å²) < 4.78 is 37.5. The Morgan fingerprint density at radius 2 is 1.95 bits per heavy atom. The predicted octanol–water partition coefficient (Wildman–Crippen LogP) is 3.59. The number of nitrogens with one attached hydrogen (secondary N) is 1. The van der Waals surface area contributed by atoms with Crippen LogP contribution in [0.1, 0.15) is 19.4 Å². The van der Waals surface area contributed by atoms with Crippen LogP contribution in [0.2, 0.25) is 5.02 Å². The molecule has 0 aliphatic heterocycles. The molecule has 0 heterocycles. The van der Waals surface area contributed by atoms with Gasteiger partial charge in [0.2, 0.25) is 0 Å². The van der Waals surface area contributed by atoms with E-state index in [-0.39, 0.29) is 17.3 Å². The van der Waals surface area contributed by atoms with Crippen molar-refractivity contribution in [2.24, 2.45) is 0 Å². The van der Waals surface area contributed by atoms with Crippen LogP contribution in [0.25, 0.3) is 0 Å². The van der Waals surface area contributed by atoms with Crippen LogP contribution in [0.3, 0.4) is 0 Å². The lowest BCUT2D eigenvalue weighted by molar-refractivity contribution is -0.137. The Morgan fingerprint density at radius 1 is 1.38 bits per heavy atom. The molecule has 21 heavy (non-hydrogen) atoms. The van der Waals surface area contributed by atoms with Crippen molar-refractivity contribution < 1.29 is 23.1 Å². The fourth-order valence-corrected chi connectivity index (χ4v) is 1.88. The number of halogens is 4. The van der Waals surface area contributed by atoms with E-state index in [1.807, 2.05) is 0 Å². The van der Waals surface area contributed by atoms with E-state index in [9.17, 15) is 23.1 Å². The molecule has 0 fully saturated rings. The maximum absolute atomic E-state index is 12.5. The van der Waals surface area contributed by atoms with Crippen molar-refractivity contribution in [3.63, 3.8) is 0 Å². The number of carbonyl (C=O) groups is 1.